The highest BCUT2D eigenvalue weighted by Gasteiger charge is 2.24. The van der Waals surface area contributed by atoms with Gasteiger partial charge >= 0.3 is 5.97 Å². The third kappa shape index (κ3) is 8.12. The molecule has 1 heterocycles. The van der Waals surface area contributed by atoms with Crippen molar-refractivity contribution in [2.45, 2.75) is 89.7 Å². The predicted octanol–water partition coefficient (Wildman–Crippen LogP) is 4.99. The molecule has 0 bridgehead atoms. The van der Waals surface area contributed by atoms with E-state index in [1.54, 1.807) is 0 Å². The fourth-order valence-corrected chi connectivity index (χ4v) is 4.61. The molecule has 1 aromatic carbocycles. The van der Waals surface area contributed by atoms with Gasteiger partial charge in [-0.3, -0.25) is 9.59 Å². The number of carbonyl (C=O) groups is 2. The minimum atomic E-state index is -0.0762. The monoisotopic (exact) mass is 450 g/mol. The second-order valence-corrected chi connectivity index (χ2v) is 9.08. The van der Waals surface area contributed by atoms with Gasteiger partial charge in [-0.1, -0.05) is 19.1 Å². The summed E-state index contributed by atoms with van der Waals surface area (Å²) < 4.78 is 5.36. The van der Waals surface area contributed by atoms with Crippen molar-refractivity contribution in [3.8, 4) is 0 Å². The highest BCUT2D eigenvalue weighted by Crippen LogP contribution is 2.29. The number of hydrogen-bond donors (Lipinski definition) is 2. The molecule has 1 aliphatic heterocycles. The molecular weight excluding hydrogens is 412 g/mol. The maximum atomic E-state index is 12.6. The van der Waals surface area contributed by atoms with E-state index < -0.39 is 0 Å². The molecule has 174 valence electrons. The maximum absolute atomic E-state index is 12.6. The summed E-state index contributed by atoms with van der Waals surface area (Å²) in [5, 5.41) is 6.61. The standard InChI is InChI=1S/C25H38N2O3.ClH/c1-3-18(2)30-24(28)13-6-19-4-11-23(12-5-19)27-25(29)22-9-7-20(8-10-22)21-14-16-26-17-15-21;/h7-10,18-19,21,23,26H,3-6,11-17H2,1-2H3,(H,27,29);1H/t18?,19-,23-;. The van der Waals surface area contributed by atoms with E-state index in [2.05, 4.69) is 22.8 Å². The van der Waals surface area contributed by atoms with Gasteiger partial charge in [-0.15, -0.1) is 12.4 Å². The molecule has 1 saturated carbocycles. The minimum Gasteiger partial charge on any atom is -0.463 e. The predicted molar refractivity (Wildman–Crippen MR) is 127 cm³/mol. The van der Waals surface area contributed by atoms with E-state index in [1.807, 2.05) is 26.0 Å². The van der Waals surface area contributed by atoms with Gasteiger partial charge < -0.3 is 15.4 Å². The lowest BCUT2D eigenvalue weighted by molar-refractivity contribution is -0.148. The van der Waals surface area contributed by atoms with E-state index in [0.29, 0.717) is 18.3 Å². The maximum Gasteiger partial charge on any atom is 0.306 e. The SMILES string of the molecule is CCC(C)OC(=O)CC[C@H]1CC[C@H](NC(=O)c2ccc(C3CCNCC3)cc2)CC1.Cl. The third-order valence-corrected chi connectivity index (χ3v) is 6.83. The summed E-state index contributed by atoms with van der Waals surface area (Å²) in [5.41, 5.74) is 2.10. The average molecular weight is 451 g/mol. The van der Waals surface area contributed by atoms with Gasteiger partial charge in [0, 0.05) is 18.0 Å². The highest BCUT2D eigenvalue weighted by atomic mass is 35.5. The summed E-state index contributed by atoms with van der Waals surface area (Å²) in [6.45, 7) is 6.12. The van der Waals surface area contributed by atoms with Crippen molar-refractivity contribution in [1.29, 1.82) is 0 Å². The Morgan fingerprint density at radius 3 is 2.32 bits per heavy atom. The molecule has 2 N–H and O–H groups in total. The van der Waals surface area contributed by atoms with E-state index in [9.17, 15) is 9.59 Å². The Morgan fingerprint density at radius 2 is 1.71 bits per heavy atom. The van der Waals surface area contributed by atoms with Crippen LogP contribution in [0.15, 0.2) is 24.3 Å². The van der Waals surface area contributed by atoms with Gasteiger partial charge in [0.2, 0.25) is 0 Å². The number of halogens is 1. The Kier molecular flexibility index (Phi) is 10.8. The molecule has 3 rings (SSSR count). The fraction of sp³-hybridized carbons (Fsp3) is 0.680. The van der Waals surface area contributed by atoms with Crippen LogP contribution >= 0.6 is 12.4 Å². The highest BCUT2D eigenvalue weighted by molar-refractivity contribution is 5.94. The lowest BCUT2D eigenvalue weighted by Gasteiger charge is -2.29. The molecule has 0 aromatic heterocycles. The van der Waals surface area contributed by atoms with Crippen molar-refractivity contribution in [1.82, 2.24) is 10.6 Å². The number of amides is 1. The van der Waals surface area contributed by atoms with Gasteiger partial charge in [0.1, 0.15) is 0 Å². The van der Waals surface area contributed by atoms with Gasteiger partial charge in [-0.2, -0.15) is 0 Å². The van der Waals surface area contributed by atoms with Crippen LogP contribution in [0.3, 0.4) is 0 Å². The van der Waals surface area contributed by atoms with Crippen LogP contribution in [0.1, 0.15) is 93.5 Å². The van der Waals surface area contributed by atoms with Crippen molar-refractivity contribution >= 4 is 24.3 Å². The Balaban J connectivity index is 0.00000341. The normalized spacial score (nSPS) is 22.8. The molecule has 1 saturated heterocycles. The van der Waals surface area contributed by atoms with E-state index >= 15 is 0 Å². The summed E-state index contributed by atoms with van der Waals surface area (Å²) in [6.07, 6.45) is 8.73. The average Bonchev–Trinajstić information content (AvgIpc) is 2.79. The Bertz CT molecular complexity index is 681. The van der Waals surface area contributed by atoms with Crippen LogP contribution in [0, 0.1) is 5.92 Å². The van der Waals surface area contributed by atoms with Crippen molar-refractivity contribution in [3.63, 3.8) is 0 Å². The smallest absolute Gasteiger partial charge is 0.306 e. The Morgan fingerprint density at radius 1 is 1.06 bits per heavy atom. The summed E-state index contributed by atoms with van der Waals surface area (Å²) in [4.78, 5) is 24.5. The largest absolute Gasteiger partial charge is 0.463 e. The number of ether oxygens (including phenoxy) is 1. The molecule has 31 heavy (non-hydrogen) atoms. The molecule has 0 radical (unpaired) electrons. The molecule has 1 unspecified atom stereocenters. The number of rotatable bonds is 8. The summed E-state index contributed by atoms with van der Waals surface area (Å²) in [7, 11) is 0. The topological polar surface area (TPSA) is 67.4 Å². The van der Waals surface area contributed by atoms with Crippen LogP contribution in [0.4, 0.5) is 0 Å². The lowest BCUT2D eigenvalue weighted by atomic mass is 9.83. The number of nitrogens with one attached hydrogen (secondary N) is 2. The zero-order valence-electron chi connectivity index (χ0n) is 19.0. The fourth-order valence-electron chi connectivity index (χ4n) is 4.61. The molecule has 1 aromatic rings. The van der Waals surface area contributed by atoms with E-state index in [1.165, 1.54) is 18.4 Å². The van der Waals surface area contributed by atoms with Gasteiger partial charge in [-0.25, -0.2) is 0 Å². The first-order chi connectivity index (χ1) is 14.5. The summed E-state index contributed by atoms with van der Waals surface area (Å²) in [5.74, 6) is 1.13. The van der Waals surface area contributed by atoms with Crippen LogP contribution < -0.4 is 10.6 Å². The van der Waals surface area contributed by atoms with Crippen LogP contribution in [-0.4, -0.2) is 37.1 Å². The number of carbonyl (C=O) groups excluding carboxylic acids is 2. The molecule has 0 spiro atoms. The molecule has 5 nitrogen and oxygen atoms in total. The van der Waals surface area contributed by atoms with Crippen LogP contribution in [0.25, 0.3) is 0 Å². The number of piperidine rings is 1. The minimum absolute atomic E-state index is 0. The zero-order valence-corrected chi connectivity index (χ0v) is 19.8. The first-order valence-electron chi connectivity index (χ1n) is 11.9. The Labute approximate surface area is 193 Å². The lowest BCUT2D eigenvalue weighted by Crippen LogP contribution is -2.37. The molecule has 6 heteroatoms. The van der Waals surface area contributed by atoms with E-state index in [-0.39, 0.29) is 36.4 Å². The molecule has 2 fully saturated rings. The number of hydrogen-bond acceptors (Lipinski definition) is 4. The van der Waals surface area contributed by atoms with Gasteiger partial charge in [0.25, 0.3) is 5.91 Å². The van der Waals surface area contributed by atoms with Crippen molar-refractivity contribution in [2.24, 2.45) is 5.92 Å². The van der Waals surface area contributed by atoms with Crippen LogP contribution in [-0.2, 0) is 9.53 Å². The van der Waals surface area contributed by atoms with Gasteiger partial charge in [0.05, 0.1) is 6.10 Å². The zero-order chi connectivity index (χ0) is 21.3. The van der Waals surface area contributed by atoms with Gasteiger partial charge in [0.15, 0.2) is 0 Å². The summed E-state index contributed by atoms with van der Waals surface area (Å²) in [6, 6.07) is 8.44. The molecule has 1 atom stereocenters. The number of esters is 1. The first kappa shape index (κ1) is 25.7. The quantitative estimate of drug-likeness (QED) is 0.547. The third-order valence-electron chi connectivity index (χ3n) is 6.83. The second-order valence-electron chi connectivity index (χ2n) is 9.08. The molecule has 1 aliphatic carbocycles. The Hall–Kier alpha value is -1.59. The number of benzene rings is 1. The van der Waals surface area contributed by atoms with E-state index in [0.717, 1.165) is 57.2 Å². The van der Waals surface area contributed by atoms with Crippen LogP contribution in [0.5, 0.6) is 0 Å². The molecule has 2 aliphatic rings. The first-order valence-corrected chi connectivity index (χ1v) is 11.9. The van der Waals surface area contributed by atoms with Gasteiger partial charge in [-0.05, 0) is 101 Å². The van der Waals surface area contributed by atoms with E-state index in [4.69, 9.17) is 4.74 Å². The van der Waals surface area contributed by atoms with Crippen molar-refractivity contribution in [3.05, 3.63) is 35.4 Å². The van der Waals surface area contributed by atoms with Crippen molar-refractivity contribution < 1.29 is 14.3 Å². The molecule has 1 amide bonds. The molecular formula is C25H39ClN2O3. The van der Waals surface area contributed by atoms with Crippen LogP contribution in [0.2, 0.25) is 0 Å². The van der Waals surface area contributed by atoms with Crippen molar-refractivity contribution in [2.75, 3.05) is 13.1 Å². The second kappa shape index (κ2) is 13.1. The summed E-state index contributed by atoms with van der Waals surface area (Å²) >= 11 is 0.